The zero-order chi connectivity index (χ0) is 13.7. The first-order chi connectivity index (χ1) is 9.14. The van der Waals surface area contributed by atoms with E-state index in [1.165, 1.54) is 12.8 Å². The van der Waals surface area contributed by atoms with E-state index in [0.29, 0.717) is 0 Å². The summed E-state index contributed by atoms with van der Waals surface area (Å²) in [5.74, 6) is 0.115. The highest BCUT2D eigenvalue weighted by atomic mass is 16.3. The van der Waals surface area contributed by atoms with Crippen molar-refractivity contribution in [2.45, 2.75) is 52.1 Å². The molecule has 0 aliphatic heterocycles. The van der Waals surface area contributed by atoms with Gasteiger partial charge in [0.15, 0.2) is 0 Å². The van der Waals surface area contributed by atoms with Gasteiger partial charge in [-0.15, -0.1) is 0 Å². The Hall–Kier alpha value is -1.35. The number of aliphatic hydroxyl groups excluding tert-OH is 1. The van der Waals surface area contributed by atoms with Gasteiger partial charge in [-0.3, -0.25) is 4.79 Å². The van der Waals surface area contributed by atoms with Crippen molar-refractivity contribution in [3.63, 3.8) is 0 Å². The Morgan fingerprint density at radius 1 is 1.26 bits per heavy atom. The highest BCUT2D eigenvalue weighted by Crippen LogP contribution is 2.35. The molecule has 3 nitrogen and oxygen atoms in total. The van der Waals surface area contributed by atoms with Gasteiger partial charge in [0.1, 0.15) is 0 Å². The van der Waals surface area contributed by atoms with Crippen LogP contribution in [0.2, 0.25) is 0 Å². The summed E-state index contributed by atoms with van der Waals surface area (Å²) in [5, 5.41) is 12.1. The van der Waals surface area contributed by atoms with Crippen LogP contribution in [0.3, 0.4) is 0 Å². The second-order valence-corrected chi connectivity index (χ2v) is 5.79. The lowest BCUT2D eigenvalue weighted by molar-refractivity contribution is -0.125. The summed E-state index contributed by atoms with van der Waals surface area (Å²) in [6.07, 6.45) is 6.70. The molecular formula is C16H23NO2. The van der Waals surface area contributed by atoms with Crippen molar-refractivity contribution < 1.29 is 9.90 Å². The van der Waals surface area contributed by atoms with Gasteiger partial charge >= 0.3 is 0 Å². The van der Waals surface area contributed by atoms with Gasteiger partial charge in [0.2, 0.25) is 5.91 Å². The number of hydrogen-bond donors (Lipinski definition) is 2. The minimum absolute atomic E-state index is 0.000971. The van der Waals surface area contributed by atoms with Gasteiger partial charge in [0.05, 0.1) is 6.61 Å². The van der Waals surface area contributed by atoms with E-state index in [-0.39, 0.29) is 17.9 Å². The molecule has 1 fully saturated rings. The molecule has 1 aliphatic carbocycles. The second-order valence-electron chi connectivity index (χ2n) is 5.79. The first kappa shape index (κ1) is 14.1. The topological polar surface area (TPSA) is 49.3 Å². The van der Waals surface area contributed by atoms with Crippen LogP contribution in [0.15, 0.2) is 24.3 Å². The first-order valence-electron chi connectivity index (χ1n) is 7.15. The summed E-state index contributed by atoms with van der Waals surface area (Å²) < 4.78 is 0. The molecule has 0 heterocycles. The van der Waals surface area contributed by atoms with Crippen molar-refractivity contribution in [3.05, 3.63) is 29.8 Å². The number of amides is 1. The maximum atomic E-state index is 12.5. The molecule has 0 radical (unpaired) electrons. The number of aliphatic hydroxyl groups is 1. The van der Waals surface area contributed by atoms with Crippen molar-refractivity contribution >= 4 is 11.6 Å². The highest BCUT2D eigenvalue weighted by Gasteiger charge is 2.33. The van der Waals surface area contributed by atoms with Crippen LogP contribution in [0.1, 0.15) is 51.0 Å². The number of carbonyl (C=O) groups excluding carboxylic acids is 1. The van der Waals surface area contributed by atoms with E-state index >= 15 is 0 Å². The average molecular weight is 261 g/mol. The molecule has 3 heteroatoms. The molecule has 0 atom stereocenters. The van der Waals surface area contributed by atoms with Crippen molar-refractivity contribution in [3.8, 4) is 0 Å². The minimum Gasteiger partial charge on any atom is -0.392 e. The third-order valence-electron chi connectivity index (χ3n) is 4.12. The molecule has 2 N–H and O–H groups in total. The molecule has 104 valence electrons. The van der Waals surface area contributed by atoms with Crippen LogP contribution in [0.25, 0.3) is 0 Å². The Kier molecular flexibility index (Phi) is 4.59. The zero-order valence-electron chi connectivity index (χ0n) is 11.6. The van der Waals surface area contributed by atoms with Crippen LogP contribution in [-0.2, 0) is 11.4 Å². The molecule has 0 bridgehead atoms. The van der Waals surface area contributed by atoms with E-state index in [2.05, 4.69) is 12.2 Å². The van der Waals surface area contributed by atoms with Gasteiger partial charge in [-0.05, 0) is 30.5 Å². The van der Waals surface area contributed by atoms with E-state index in [9.17, 15) is 4.79 Å². The third kappa shape index (κ3) is 3.57. The Morgan fingerprint density at radius 3 is 2.58 bits per heavy atom. The molecule has 0 aromatic heterocycles. The fourth-order valence-electron chi connectivity index (χ4n) is 2.77. The van der Waals surface area contributed by atoms with Crippen molar-refractivity contribution in [2.24, 2.45) is 5.41 Å². The lowest BCUT2D eigenvalue weighted by atomic mass is 9.81. The Morgan fingerprint density at radius 2 is 1.95 bits per heavy atom. The van der Waals surface area contributed by atoms with Crippen LogP contribution < -0.4 is 5.32 Å². The van der Waals surface area contributed by atoms with Crippen LogP contribution in [0.5, 0.6) is 0 Å². The monoisotopic (exact) mass is 261 g/mol. The number of hydrogen-bond acceptors (Lipinski definition) is 2. The van der Waals surface area contributed by atoms with Crippen LogP contribution >= 0.6 is 0 Å². The molecule has 19 heavy (non-hydrogen) atoms. The maximum absolute atomic E-state index is 12.5. The first-order valence-corrected chi connectivity index (χ1v) is 7.15. The molecule has 1 aromatic rings. The van der Waals surface area contributed by atoms with E-state index in [0.717, 1.165) is 36.9 Å². The van der Waals surface area contributed by atoms with Crippen LogP contribution in [0, 0.1) is 5.41 Å². The van der Waals surface area contributed by atoms with Crippen molar-refractivity contribution in [1.82, 2.24) is 0 Å². The van der Waals surface area contributed by atoms with Crippen LogP contribution in [0.4, 0.5) is 5.69 Å². The van der Waals surface area contributed by atoms with Gasteiger partial charge in [-0.2, -0.15) is 0 Å². The number of benzene rings is 1. The molecule has 0 unspecified atom stereocenters. The molecule has 1 amide bonds. The van der Waals surface area contributed by atoms with Crippen LogP contribution in [-0.4, -0.2) is 11.0 Å². The quantitative estimate of drug-likeness (QED) is 0.818. The molecule has 1 aliphatic rings. The SMILES string of the molecule is CC1(C(=O)Nc2cccc(CO)c2)CCCCCC1. The van der Waals surface area contributed by atoms with E-state index < -0.39 is 0 Å². The Bertz CT molecular complexity index is 434. The summed E-state index contributed by atoms with van der Waals surface area (Å²) in [7, 11) is 0. The fourth-order valence-corrected chi connectivity index (χ4v) is 2.77. The fraction of sp³-hybridized carbons (Fsp3) is 0.562. The molecule has 2 rings (SSSR count). The van der Waals surface area contributed by atoms with Crippen molar-refractivity contribution in [2.75, 3.05) is 5.32 Å². The van der Waals surface area contributed by atoms with Gasteiger partial charge in [0, 0.05) is 11.1 Å². The summed E-state index contributed by atoms with van der Waals surface area (Å²) in [6.45, 7) is 2.07. The summed E-state index contributed by atoms with van der Waals surface area (Å²) >= 11 is 0. The lowest BCUT2D eigenvalue weighted by Gasteiger charge is -2.26. The maximum Gasteiger partial charge on any atom is 0.230 e. The van der Waals surface area contributed by atoms with Gasteiger partial charge in [0.25, 0.3) is 0 Å². The molecule has 0 spiro atoms. The summed E-state index contributed by atoms with van der Waals surface area (Å²) in [4.78, 5) is 12.5. The van der Waals surface area contributed by atoms with E-state index in [1.807, 2.05) is 24.3 Å². The molecule has 1 aromatic carbocycles. The average Bonchev–Trinajstić information content (AvgIpc) is 2.65. The summed E-state index contributed by atoms with van der Waals surface area (Å²) in [6, 6.07) is 7.41. The van der Waals surface area contributed by atoms with Crippen molar-refractivity contribution in [1.29, 1.82) is 0 Å². The predicted molar refractivity (Wildman–Crippen MR) is 76.8 cm³/mol. The van der Waals surface area contributed by atoms with Gasteiger partial charge < -0.3 is 10.4 Å². The molecule has 1 saturated carbocycles. The largest absolute Gasteiger partial charge is 0.392 e. The number of rotatable bonds is 3. The number of carbonyl (C=O) groups is 1. The molecule has 0 saturated heterocycles. The van der Waals surface area contributed by atoms with Gasteiger partial charge in [-0.25, -0.2) is 0 Å². The molecular weight excluding hydrogens is 238 g/mol. The summed E-state index contributed by atoms with van der Waals surface area (Å²) in [5.41, 5.74) is 1.36. The normalized spacial score (nSPS) is 18.6. The predicted octanol–water partition coefficient (Wildman–Crippen LogP) is 3.48. The third-order valence-corrected chi connectivity index (χ3v) is 4.12. The van der Waals surface area contributed by atoms with Gasteiger partial charge in [-0.1, -0.05) is 44.7 Å². The van der Waals surface area contributed by atoms with E-state index in [1.54, 1.807) is 0 Å². The smallest absolute Gasteiger partial charge is 0.230 e. The minimum atomic E-state index is -0.244. The number of nitrogens with one attached hydrogen (secondary N) is 1. The lowest BCUT2D eigenvalue weighted by Crippen LogP contribution is -2.33. The Labute approximate surface area is 115 Å². The highest BCUT2D eigenvalue weighted by molar-refractivity contribution is 5.95. The standard InChI is InChI=1S/C16H23NO2/c1-16(9-4-2-3-5-10-16)15(19)17-14-8-6-7-13(11-14)12-18/h6-8,11,18H,2-5,9-10,12H2,1H3,(H,17,19). The Balaban J connectivity index is 2.06. The van der Waals surface area contributed by atoms with E-state index in [4.69, 9.17) is 5.11 Å². The zero-order valence-corrected chi connectivity index (χ0v) is 11.6. The second kappa shape index (κ2) is 6.20. The number of anilines is 1.